The third-order valence-corrected chi connectivity index (χ3v) is 5.16. The number of fused-ring (bicyclic) bond motifs is 1. The highest BCUT2D eigenvalue weighted by atomic mass is 16.5. The summed E-state index contributed by atoms with van der Waals surface area (Å²) in [6, 6.07) is 6.04. The number of nitrogens with one attached hydrogen (secondary N) is 1. The van der Waals surface area contributed by atoms with Gasteiger partial charge >= 0.3 is 0 Å². The molecule has 1 aliphatic heterocycles. The second-order valence-corrected chi connectivity index (χ2v) is 6.25. The van der Waals surface area contributed by atoms with E-state index >= 15 is 0 Å². The van der Waals surface area contributed by atoms with Crippen LogP contribution in [-0.2, 0) is 0 Å². The van der Waals surface area contributed by atoms with Crippen LogP contribution < -0.4 is 14.8 Å². The van der Waals surface area contributed by atoms with Gasteiger partial charge in [0, 0.05) is 17.5 Å². The molecule has 116 valence electrons. The number of methoxy groups -OCH3 is 2. The molecule has 0 amide bonds. The van der Waals surface area contributed by atoms with Gasteiger partial charge in [0.1, 0.15) is 11.5 Å². The van der Waals surface area contributed by atoms with Crippen molar-refractivity contribution in [2.75, 3.05) is 20.8 Å². The Morgan fingerprint density at radius 1 is 1.19 bits per heavy atom. The molecule has 2 fully saturated rings. The predicted octanol–water partition coefficient (Wildman–Crippen LogP) is 2.66. The van der Waals surface area contributed by atoms with E-state index in [4.69, 9.17) is 9.47 Å². The molecule has 21 heavy (non-hydrogen) atoms. The van der Waals surface area contributed by atoms with Gasteiger partial charge in [0.05, 0.1) is 19.8 Å². The van der Waals surface area contributed by atoms with Crippen molar-refractivity contribution in [3.8, 4) is 11.5 Å². The zero-order valence-corrected chi connectivity index (χ0v) is 12.9. The molecule has 1 aliphatic carbocycles. The number of aliphatic hydroxyl groups is 1. The van der Waals surface area contributed by atoms with Gasteiger partial charge in [0.15, 0.2) is 0 Å². The van der Waals surface area contributed by atoms with Crippen molar-refractivity contribution in [1.29, 1.82) is 0 Å². The molecule has 0 spiro atoms. The van der Waals surface area contributed by atoms with Gasteiger partial charge in [-0.15, -0.1) is 0 Å². The molecule has 1 saturated heterocycles. The van der Waals surface area contributed by atoms with Gasteiger partial charge in [-0.3, -0.25) is 0 Å². The van der Waals surface area contributed by atoms with Gasteiger partial charge in [0.25, 0.3) is 0 Å². The molecule has 3 atom stereocenters. The third kappa shape index (κ3) is 2.62. The summed E-state index contributed by atoms with van der Waals surface area (Å²) in [6.07, 6.45) is 5.16. The summed E-state index contributed by atoms with van der Waals surface area (Å²) < 4.78 is 10.9. The van der Waals surface area contributed by atoms with E-state index in [0.717, 1.165) is 49.3 Å². The summed E-state index contributed by atoms with van der Waals surface area (Å²) in [7, 11) is 3.37. The van der Waals surface area contributed by atoms with Crippen molar-refractivity contribution in [1.82, 2.24) is 5.32 Å². The highest BCUT2D eigenvalue weighted by Crippen LogP contribution is 2.47. The Morgan fingerprint density at radius 2 is 2.05 bits per heavy atom. The molecule has 3 rings (SSSR count). The first kappa shape index (κ1) is 14.7. The second-order valence-electron chi connectivity index (χ2n) is 6.25. The average molecular weight is 291 g/mol. The van der Waals surface area contributed by atoms with Crippen molar-refractivity contribution in [3.63, 3.8) is 0 Å². The first-order valence-electron chi connectivity index (χ1n) is 7.85. The molecule has 4 nitrogen and oxygen atoms in total. The van der Waals surface area contributed by atoms with Gasteiger partial charge in [-0.25, -0.2) is 0 Å². The van der Waals surface area contributed by atoms with Gasteiger partial charge in [-0.2, -0.15) is 0 Å². The van der Waals surface area contributed by atoms with Crippen LogP contribution in [0.5, 0.6) is 11.5 Å². The zero-order chi connectivity index (χ0) is 14.9. The van der Waals surface area contributed by atoms with E-state index in [0.29, 0.717) is 0 Å². The minimum absolute atomic E-state index is 0.133. The molecular formula is C17H25NO3. The predicted molar refractivity (Wildman–Crippen MR) is 81.8 cm³/mol. The Bertz CT molecular complexity index is 501. The van der Waals surface area contributed by atoms with Gasteiger partial charge < -0.3 is 19.9 Å². The number of hydrogen-bond donors (Lipinski definition) is 2. The fourth-order valence-electron chi connectivity index (χ4n) is 4.03. The lowest BCUT2D eigenvalue weighted by molar-refractivity contribution is -0.0863. The molecule has 1 aromatic rings. The molecule has 2 N–H and O–H groups in total. The fraction of sp³-hybridized carbons (Fsp3) is 0.647. The Morgan fingerprint density at radius 3 is 2.81 bits per heavy atom. The molecule has 0 unspecified atom stereocenters. The van der Waals surface area contributed by atoms with Gasteiger partial charge in [-0.05, 0) is 44.0 Å². The standard InChI is InChI=1S/C17H25NO3/c1-20-12-6-7-15(21-2)13(11-12)16-14-5-3-4-8-17(14,19)9-10-18-16/h6-7,11,14,16,18-19H,3-5,8-10H2,1-2H3/t14-,16-,17+/m0/s1. The number of piperidine rings is 1. The zero-order valence-electron chi connectivity index (χ0n) is 12.9. The van der Waals surface area contributed by atoms with E-state index in [1.54, 1.807) is 14.2 Å². The van der Waals surface area contributed by atoms with Crippen LogP contribution in [0.1, 0.15) is 43.7 Å². The van der Waals surface area contributed by atoms with Crippen LogP contribution in [0.4, 0.5) is 0 Å². The van der Waals surface area contributed by atoms with E-state index in [1.807, 2.05) is 18.2 Å². The molecule has 1 heterocycles. The maximum Gasteiger partial charge on any atom is 0.123 e. The first-order chi connectivity index (χ1) is 10.2. The quantitative estimate of drug-likeness (QED) is 0.899. The molecular weight excluding hydrogens is 266 g/mol. The van der Waals surface area contributed by atoms with Gasteiger partial charge in [-0.1, -0.05) is 12.8 Å². The Labute approximate surface area is 126 Å². The van der Waals surface area contributed by atoms with Crippen LogP contribution in [0.15, 0.2) is 18.2 Å². The molecule has 0 radical (unpaired) electrons. The number of hydrogen-bond acceptors (Lipinski definition) is 4. The van der Waals surface area contributed by atoms with E-state index < -0.39 is 5.60 Å². The number of benzene rings is 1. The van der Waals surface area contributed by atoms with Crippen molar-refractivity contribution in [3.05, 3.63) is 23.8 Å². The molecule has 1 saturated carbocycles. The highest BCUT2D eigenvalue weighted by molar-refractivity contribution is 5.43. The van der Waals surface area contributed by atoms with Crippen LogP contribution in [0.3, 0.4) is 0 Å². The lowest BCUT2D eigenvalue weighted by Gasteiger charge is -2.48. The molecule has 0 bridgehead atoms. The van der Waals surface area contributed by atoms with Crippen LogP contribution in [0, 0.1) is 5.92 Å². The van der Waals surface area contributed by atoms with E-state index in [2.05, 4.69) is 5.32 Å². The van der Waals surface area contributed by atoms with Crippen molar-refractivity contribution in [2.45, 2.75) is 43.7 Å². The molecule has 1 aromatic carbocycles. The van der Waals surface area contributed by atoms with Crippen molar-refractivity contribution in [2.24, 2.45) is 5.92 Å². The summed E-state index contributed by atoms with van der Waals surface area (Å²) in [4.78, 5) is 0. The Balaban J connectivity index is 1.98. The van der Waals surface area contributed by atoms with E-state index in [1.165, 1.54) is 6.42 Å². The van der Waals surface area contributed by atoms with Crippen molar-refractivity contribution >= 4 is 0 Å². The van der Waals surface area contributed by atoms with E-state index in [9.17, 15) is 5.11 Å². The van der Waals surface area contributed by atoms with E-state index in [-0.39, 0.29) is 12.0 Å². The smallest absolute Gasteiger partial charge is 0.123 e. The number of rotatable bonds is 3. The van der Waals surface area contributed by atoms with Crippen LogP contribution in [0.2, 0.25) is 0 Å². The lowest BCUT2D eigenvalue weighted by Crippen LogP contribution is -2.53. The summed E-state index contributed by atoms with van der Waals surface area (Å²) in [5, 5.41) is 14.6. The van der Waals surface area contributed by atoms with Crippen LogP contribution >= 0.6 is 0 Å². The van der Waals surface area contributed by atoms with Gasteiger partial charge in [0.2, 0.25) is 0 Å². The summed E-state index contributed by atoms with van der Waals surface area (Å²) >= 11 is 0. The average Bonchev–Trinajstić information content (AvgIpc) is 2.53. The molecule has 4 heteroatoms. The Hall–Kier alpha value is -1.26. The van der Waals surface area contributed by atoms with Crippen LogP contribution in [-0.4, -0.2) is 31.5 Å². The monoisotopic (exact) mass is 291 g/mol. The normalized spacial score (nSPS) is 32.3. The minimum atomic E-state index is -0.526. The third-order valence-electron chi connectivity index (χ3n) is 5.16. The van der Waals surface area contributed by atoms with Crippen LogP contribution in [0.25, 0.3) is 0 Å². The summed E-state index contributed by atoms with van der Waals surface area (Å²) in [5.41, 5.74) is 0.573. The fourth-order valence-corrected chi connectivity index (χ4v) is 4.03. The second kappa shape index (κ2) is 5.85. The SMILES string of the molecule is COc1ccc(OC)c([C@@H]2NCC[C@]3(O)CCCC[C@@H]23)c1. The summed E-state index contributed by atoms with van der Waals surface area (Å²) in [6.45, 7) is 0.845. The van der Waals surface area contributed by atoms with Crippen molar-refractivity contribution < 1.29 is 14.6 Å². The maximum atomic E-state index is 11.0. The molecule has 2 aliphatic rings. The summed E-state index contributed by atoms with van der Waals surface area (Å²) in [5.74, 6) is 1.95. The molecule has 0 aromatic heterocycles. The number of ether oxygens (including phenoxy) is 2. The lowest BCUT2D eigenvalue weighted by atomic mass is 9.66. The topological polar surface area (TPSA) is 50.7 Å². The Kier molecular flexibility index (Phi) is 4.09. The largest absolute Gasteiger partial charge is 0.497 e. The first-order valence-corrected chi connectivity index (χ1v) is 7.85. The minimum Gasteiger partial charge on any atom is -0.497 e. The highest BCUT2D eigenvalue weighted by Gasteiger charge is 2.46. The maximum absolute atomic E-state index is 11.0.